The van der Waals surface area contributed by atoms with Crippen molar-refractivity contribution in [1.82, 2.24) is 9.55 Å². The van der Waals surface area contributed by atoms with E-state index in [1.807, 2.05) is 18.2 Å². The van der Waals surface area contributed by atoms with Crippen molar-refractivity contribution in [2.45, 2.75) is 32.0 Å². The summed E-state index contributed by atoms with van der Waals surface area (Å²) in [6, 6.07) is 14.9. The Morgan fingerprint density at radius 3 is 3.10 bits per heavy atom. The number of nitrogens with one attached hydrogen (secondary N) is 2. The number of ether oxygens (including phenoxy) is 1. The lowest BCUT2D eigenvalue weighted by atomic mass is 10.1. The first-order valence-corrected chi connectivity index (χ1v) is 9.68. The molecule has 146 valence electrons. The molecule has 2 N–H and O–H groups in total. The van der Waals surface area contributed by atoms with Gasteiger partial charge in [-0.25, -0.2) is 9.98 Å². The van der Waals surface area contributed by atoms with Crippen LogP contribution in [0.2, 0.25) is 0 Å². The summed E-state index contributed by atoms with van der Waals surface area (Å²) in [4.78, 5) is 20.9. The van der Waals surface area contributed by atoms with Crippen molar-refractivity contribution in [3.8, 4) is 0 Å². The number of fused-ring (bicyclic) bond motifs is 2. The molecular weight excluding hydrogens is 366 g/mol. The van der Waals surface area contributed by atoms with Crippen molar-refractivity contribution in [2.75, 3.05) is 10.6 Å². The Morgan fingerprint density at radius 2 is 2.21 bits per heavy atom. The first kappa shape index (κ1) is 17.5. The summed E-state index contributed by atoms with van der Waals surface area (Å²) in [6.45, 7) is 0.645. The van der Waals surface area contributed by atoms with Gasteiger partial charge in [0.25, 0.3) is 6.02 Å². The maximum atomic E-state index is 12.2. The number of aromatic nitrogens is 2. The van der Waals surface area contributed by atoms with Crippen molar-refractivity contribution in [3.63, 3.8) is 0 Å². The van der Waals surface area contributed by atoms with Crippen molar-refractivity contribution >= 4 is 23.3 Å². The Labute approximate surface area is 168 Å². The summed E-state index contributed by atoms with van der Waals surface area (Å²) < 4.78 is 7.56. The van der Waals surface area contributed by atoms with Gasteiger partial charge in [0.05, 0.1) is 12.4 Å². The Balaban J connectivity index is 1.26. The summed E-state index contributed by atoms with van der Waals surface area (Å²) in [5.41, 5.74) is 5.33. The third kappa shape index (κ3) is 3.71. The number of anilines is 2. The van der Waals surface area contributed by atoms with Crippen molar-refractivity contribution in [3.05, 3.63) is 77.9 Å². The van der Waals surface area contributed by atoms with Crippen LogP contribution in [0.1, 0.15) is 29.2 Å². The number of amidine groups is 1. The van der Waals surface area contributed by atoms with E-state index >= 15 is 0 Å². The maximum absolute atomic E-state index is 12.2. The Morgan fingerprint density at radius 1 is 1.28 bits per heavy atom. The molecule has 1 aromatic heterocycles. The second kappa shape index (κ2) is 7.43. The largest absolute Gasteiger partial charge is 0.460 e. The second-order valence-corrected chi connectivity index (χ2v) is 7.26. The van der Waals surface area contributed by atoms with Gasteiger partial charge in [-0.05, 0) is 42.2 Å². The Kier molecular flexibility index (Phi) is 4.48. The van der Waals surface area contributed by atoms with Crippen molar-refractivity contribution in [2.24, 2.45) is 4.99 Å². The molecule has 7 nitrogen and oxygen atoms in total. The first-order chi connectivity index (χ1) is 14.2. The minimum Gasteiger partial charge on any atom is -0.460 e. The zero-order valence-electron chi connectivity index (χ0n) is 15.8. The molecule has 5 rings (SSSR count). The van der Waals surface area contributed by atoms with E-state index in [1.165, 1.54) is 11.1 Å². The van der Waals surface area contributed by atoms with Crippen LogP contribution in [0, 0.1) is 0 Å². The van der Waals surface area contributed by atoms with E-state index < -0.39 is 0 Å². The van der Waals surface area contributed by atoms with Crippen molar-refractivity contribution in [1.29, 1.82) is 0 Å². The molecule has 1 aliphatic heterocycles. The van der Waals surface area contributed by atoms with Crippen LogP contribution < -0.4 is 10.6 Å². The number of benzene rings is 2. The number of carbonyl (C=O) groups excluding carboxylic acids is 1. The molecule has 1 atom stereocenters. The number of aliphatic imine (C=N–C) groups is 1. The summed E-state index contributed by atoms with van der Waals surface area (Å²) in [6.07, 6.45) is 7.08. The molecule has 7 heteroatoms. The highest BCUT2D eigenvalue weighted by Gasteiger charge is 2.24. The standard InChI is InChI=1S/C22H21N5O2/c28-21(12-27-10-9-23-14-27)24-17-6-8-19-16(11-17)13-29-22(25-19)26-20-7-5-15-3-1-2-4-18(15)20/h1-4,6,8-11,14,20H,5,7,12-13H2,(H,24,28)(H,25,26)/t20-/m1/s1. The Bertz CT molecular complexity index is 1070. The smallest absolute Gasteiger partial charge is 0.290 e. The van der Waals surface area contributed by atoms with Crippen LogP contribution in [-0.4, -0.2) is 21.5 Å². The fourth-order valence-corrected chi connectivity index (χ4v) is 3.84. The lowest BCUT2D eigenvalue weighted by molar-refractivity contribution is -0.116. The fourth-order valence-electron chi connectivity index (χ4n) is 3.84. The van der Waals surface area contributed by atoms with E-state index in [0.717, 1.165) is 29.8 Å². The monoisotopic (exact) mass is 387 g/mol. The van der Waals surface area contributed by atoms with Gasteiger partial charge in [0.2, 0.25) is 5.91 Å². The van der Waals surface area contributed by atoms with E-state index in [9.17, 15) is 4.79 Å². The number of amides is 1. The highest BCUT2D eigenvalue weighted by Crippen LogP contribution is 2.34. The van der Waals surface area contributed by atoms with Gasteiger partial charge in [0, 0.05) is 29.3 Å². The Hall–Kier alpha value is -3.61. The van der Waals surface area contributed by atoms with Crippen LogP contribution in [0.15, 0.2) is 66.2 Å². The number of aryl methyl sites for hydroxylation is 1. The van der Waals surface area contributed by atoms with Crippen LogP contribution in [0.3, 0.4) is 0 Å². The summed E-state index contributed by atoms with van der Waals surface area (Å²) in [5.74, 6) is -0.102. The molecule has 1 amide bonds. The average Bonchev–Trinajstić information content (AvgIpc) is 3.38. The zero-order chi connectivity index (χ0) is 19.6. The van der Waals surface area contributed by atoms with Gasteiger partial charge in [0.1, 0.15) is 13.2 Å². The summed E-state index contributed by atoms with van der Waals surface area (Å²) in [5, 5.41) is 6.18. The SMILES string of the molecule is O=C(Cn1ccnc1)Nc1ccc2c(c1)COC(=N[C@@H]1CCc3ccccc31)N2. The van der Waals surface area contributed by atoms with Gasteiger partial charge in [-0.2, -0.15) is 0 Å². The van der Waals surface area contributed by atoms with E-state index in [1.54, 1.807) is 23.3 Å². The molecule has 0 bridgehead atoms. The predicted molar refractivity (Wildman–Crippen MR) is 111 cm³/mol. The van der Waals surface area contributed by atoms with Gasteiger partial charge < -0.3 is 19.9 Å². The molecule has 2 heterocycles. The van der Waals surface area contributed by atoms with Crippen LogP contribution >= 0.6 is 0 Å². The highest BCUT2D eigenvalue weighted by molar-refractivity contribution is 5.94. The van der Waals surface area contributed by atoms with Crippen molar-refractivity contribution < 1.29 is 9.53 Å². The van der Waals surface area contributed by atoms with Gasteiger partial charge in [0.15, 0.2) is 0 Å². The third-order valence-electron chi connectivity index (χ3n) is 5.25. The van der Waals surface area contributed by atoms with E-state index in [-0.39, 0.29) is 18.5 Å². The molecule has 2 aromatic carbocycles. The minimum absolute atomic E-state index is 0.102. The number of nitrogens with zero attached hydrogens (tertiary/aromatic N) is 3. The lowest BCUT2D eigenvalue weighted by Crippen LogP contribution is -2.24. The minimum atomic E-state index is -0.102. The normalized spacial score (nSPS) is 18.5. The number of hydrogen-bond acceptors (Lipinski definition) is 4. The molecule has 3 aromatic rings. The molecule has 0 fully saturated rings. The van der Waals surface area contributed by atoms with Crippen LogP contribution in [0.4, 0.5) is 11.4 Å². The van der Waals surface area contributed by atoms with Gasteiger partial charge in [-0.3, -0.25) is 4.79 Å². The number of carbonyl (C=O) groups is 1. The van der Waals surface area contributed by atoms with Gasteiger partial charge in [-0.15, -0.1) is 0 Å². The van der Waals surface area contributed by atoms with Crippen LogP contribution in [0.5, 0.6) is 0 Å². The van der Waals surface area contributed by atoms with E-state index in [2.05, 4.69) is 39.9 Å². The second-order valence-electron chi connectivity index (χ2n) is 7.26. The molecule has 29 heavy (non-hydrogen) atoms. The molecule has 0 saturated carbocycles. The molecule has 2 aliphatic rings. The molecular formula is C22H21N5O2. The quantitative estimate of drug-likeness (QED) is 0.718. The third-order valence-corrected chi connectivity index (χ3v) is 5.25. The molecule has 1 aliphatic carbocycles. The first-order valence-electron chi connectivity index (χ1n) is 9.68. The molecule has 0 unspecified atom stereocenters. The number of hydrogen-bond donors (Lipinski definition) is 2. The molecule has 0 spiro atoms. The maximum Gasteiger partial charge on any atom is 0.290 e. The number of imidazole rings is 1. The fraction of sp³-hybridized carbons (Fsp3) is 0.227. The van der Waals surface area contributed by atoms with E-state index in [4.69, 9.17) is 9.73 Å². The molecule has 0 radical (unpaired) electrons. The summed E-state index contributed by atoms with van der Waals surface area (Å²) in [7, 11) is 0. The van der Waals surface area contributed by atoms with Gasteiger partial charge >= 0.3 is 0 Å². The zero-order valence-corrected chi connectivity index (χ0v) is 15.8. The number of rotatable bonds is 4. The lowest BCUT2D eigenvalue weighted by Gasteiger charge is -2.22. The summed E-state index contributed by atoms with van der Waals surface area (Å²) >= 11 is 0. The predicted octanol–water partition coefficient (Wildman–Crippen LogP) is 3.51. The highest BCUT2D eigenvalue weighted by atomic mass is 16.5. The average molecular weight is 387 g/mol. The van der Waals surface area contributed by atoms with Crippen LogP contribution in [-0.2, 0) is 29.1 Å². The van der Waals surface area contributed by atoms with E-state index in [0.29, 0.717) is 12.6 Å². The molecule has 0 saturated heterocycles. The van der Waals surface area contributed by atoms with Gasteiger partial charge in [-0.1, -0.05) is 24.3 Å². The topological polar surface area (TPSA) is 80.5 Å². The van der Waals surface area contributed by atoms with Crippen LogP contribution in [0.25, 0.3) is 0 Å².